The van der Waals surface area contributed by atoms with Crippen LogP contribution in [0.25, 0.3) is 10.6 Å². The molecule has 7 heteroatoms. The second-order valence-corrected chi connectivity index (χ2v) is 4.51. The third-order valence-electron chi connectivity index (χ3n) is 2.18. The summed E-state index contributed by atoms with van der Waals surface area (Å²) < 4.78 is 44.8. The lowest BCUT2D eigenvalue weighted by Crippen LogP contribution is -2.16. The molecule has 3 nitrogen and oxygen atoms in total. The van der Waals surface area contributed by atoms with Crippen LogP contribution in [-0.4, -0.2) is 18.5 Å². The summed E-state index contributed by atoms with van der Waals surface area (Å²) in [6.07, 6.45) is -4.67. The third-order valence-corrected chi connectivity index (χ3v) is 3.12. The van der Waals surface area contributed by atoms with Crippen molar-refractivity contribution in [3.8, 4) is 16.3 Å². The van der Waals surface area contributed by atoms with Gasteiger partial charge in [0.2, 0.25) is 0 Å². The molecule has 2 aromatic rings. The zero-order valence-electron chi connectivity index (χ0n) is 9.90. The smallest absolute Gasteiger partial charge is 0.406 e. The summed E-state index contributed by atoms with van der Waals surface area (Å²) in [5.41, 5.74) is 1.53. The predicted octanol–water partition coefficient (Wildman–Crippen LogP) is 3.86. The standard InChI is InChI=1S/C12H10F3NO2S/c1-17-6-9-7-19-11(16-9)8-2-4-10(5-3-8)18-12(13,14)15/h2-5,7H,6H2,1H3. The minimum atomic E-state index is -4.67. The fourth-order valence-electron chi connectivity index (χ4n) is 1.45. The van der Waals surface area contributed by atoms with Gasteiger partial charge in [0.15, 0.2) is 0 Å². The van der Waals surface area contributed by atoms with Crippen LogP contribution < -0.4 is 4.74 Å². The Kier molecular flexibility index (Phi) is 4.06. The molecule has 1 heterocycles. The van der Waals surface area contributed by atoms with Crippen LogP contribution in [0.5, 0.6) is 5.75 Å². The molecule has 19 heavy (non-hydrogen) atoms. The monoisotopic (exact) mass is 289 g/mol. The Hall–Kier alpha value is -1.60. The molecule has 1 aromatic carbocycles. The molecule has 0 radical (unpaired) electrons. The van der Waals surface area contributed by atoms with Gasteiger partial charge in [-0.1, -0.05) is 0 Å². The highest BCUT2D eigenvalue weighted by Crippen LogP contribution is 2.28. The van der Waals surface area contributed by atoms with Crippen LogP contribution in [0.3, 0.4) is 0 Å². The average Bonchev–Trinajstić information content (AvgIpc) is 2.77. The van der Waals surface area contributed by atoms with E-state index in [9.17, 15) is 13.2 Å². The first-order valence-corrected chi connectivity index (χ1v) is 6.15. The lowest BCUT2D eigenvalue weighted by molar-refractivity contribution is -0.274. The maximum absolute atomic E-state index is 12.0. The Morgan fingerprint density at radius 2 is 1.89 bits per heavy atom. The zero-order valence-corrected chi connectivity index (χ0v) is 10.7. The Morgan fingerprint density at radius 1 is 1.21 bits per heavy atom. The van der Waals surface area contributed by atoms with Gasteiger partial charge in [0, 0.05) is 18.1 Å². The first-order valence-electron chi connectivity index (χ1n) is 5.27. The SMILES string of the molecule is COCc1csc(-c2ccc(OC(F)(F)F)cc2)n1. The fourth-order valence-corrected chi connectivity index (χ4v) is 2.26. The minimum absolute atomic E-state index is 0.245. The lowest BCUT2D eigenvalue weighted by atomic mass is 10.2. The molecule has 0 spiro atoms. The van der Waals surface area contributed by atoms with E-state index in [1.807, 2.05) is 5.38 Å². The Labute approximate surface area is 111 Å². The number of methoxy groups -OCH3 is 1. The van der Waals surface area contributed by atoms with Crippen molar-refractivity contribution in [1.82, 2.24) is 4.98 Å². The molecule has 0 aliphatic carbocycles. The van der Waals surface area contributed by atoms with E-state index in [4.69, 9.17) is 4.74 Å². The van der Waals surface area contributed by atoms with Crippen molar-refractivity contribution in [2.24, 2.45) is 0 Å². The van der Waals surface area contributed by atoms with E-state index in [1.54, 1.807) is 7.11 Å². The van der Waals surface area contributed by atoms with Gasteiger partial charge in [-0.25, -0.2) is 4.98 Å². The normalized spacial score (nSPS) is 11.6. The van der Waals surface area contributed by atoms with Crippen molar-refractivity contribution < 1.29 is 22.6 Å². The van der Waals surface area contributed by atoms with Crippen LogP contribution in [0.4, 0.5) is 13.2 Å². The average molecular weight is 289 g/mol. The van der Waals surface area contributed by atoms with Crippen LogP contribution in [0, 0.1) is 0 Å². The highest BCUT2D eigenvalue weighted by Gasteiger charge is 2.30. The maximum Gasteiger partial charge on any atom is 0.573 e. The summed E-state index contributed by atoms with van der Waals surface area (Å²) in [4.78, 5) is 4.30. The van der Waals surface area contributed by atoms with Crippen LogP contribution in [0.15, 0.2) is 29.6 Å². The zero-order chi connectivity index (χ0) is 13.9. The predicted molar refractivity (Wildman–Crippen MR) is 64.9 cm³/mol. The number of rotatable bonds is 4. The van der Waals surface area contributed by atoms with Gasteiger partial charge in [0.25, 0.3) is 0 Å². The van der Waals surface area contributed by atoms with Crippen molar-refractivity contribution in [2.75, 3.05) is 7.11 Å². The van der Waals surface area contributed by atoms with Crippen LogP contribution >= 0.6 is 11.3 Å². The fraction of sp³-hybridized carbons (Fsp3) is 0.250. The summed E-state index contributed by atoms with van der Waals surface area (Å²) in [6, 6.07) is 5.60. The van der Waals surface area contributed by atoms with Gasteiger partial charge in [-0.05, 0) is 24.3 Å². The molecule has 0 bridgehead atoms. The number of alkyl halides is 3. The van der Waals surface area contributed by atoms with E-state index in [1.165, 1.54) is 35.6 Å². The maximum atomic E-state index is 12.0. The van der Waals surface area contributed by atoms with Gasteiger partial charge in [-0.3, -0.25) is 0 Å². The van der Waals surface area contributed by atoms with E-state index in [-0.39, 0.29) is 5.75 Å². The van der Waals surface area contributed by atoms with E-state index in [0.717, 1.165) is 16.3 Å². The Balaban J connectivity index is 2.13. The van der Waals surface area contributed by atoms with Crippen LogP contribution in [0.1, 0.15) is 5.69 Å². The first kappa shape index (κ1) is 13.8. The molecule has 0 unspecified atom stereocenters. The summed E-state index contributed by atoms with van der Waals surface area (Å²) >= 11 is 1.41. The summed E-state index contributed by atoms with van der Waals surface area (Å²) in [7, 11) is 1.57. The van der Waals surface area contributed by atoms with E-state index in [2.05, 4.69) is 9.72 Å². The number of hydrogen-bond donors (Lipinski definition) is 0. The molecule has 0 amide bonds. The number of ether oxygens (including phenoxy) is 2. The van der Waals surface area contributed by atoms with Gasteiger partial charge in [-0.2, -0.15) is 0 Å². The second-order valence-electron chi connectivity index (χ2n) is 3.65. The molecule has 0 aliphatic rings. The molecule has 0 saturated heterocycles. The van der Waals surface area contributed by atoms with E-state index < -0.39 is 6.36 Å². The summed E-state index contributed by atoms with van der Waals surface area (Å²) in [5.74, 6) is -0.245. The number of hydrogen-bond acceptors (Lipinski definition) is 4. The van der Waals surface area contributed by atoms with Gasteiger partial charge in [-0.15, -0.1) is 24.5 Å². The van der Waals surface area contributed by atoms with Crippen molar-refractivity contribution in [2.45, 2.75) is 13.0 Å². The molecule has 0 N–H and O–H groups in total. The first-order chi connectivity index (χ1) is 8.98. The quantitative estimate of drug-likeness (QED) is 0.856. The van der Waals surface area contributed by atoms with Gasteiger partial charge in [0.1, 0.15) is 10.8 Å². The molecule has 2 rings (SSSR count). The van der Waals surface area contributed by atoms with Gasteiger partial charge >= 0.3 is 6.36 Å². The third kappa shape index (κ3) is 3.93. The molecule has 1 aromatic heterocycles. The van der Waals surface area contributed by atoms with Crippen molar-refractivity contribution in [3.63, 3.8) is 0 Å². The minimum Gasteiger partial charge on any atom is -0.406 e. The number of nitrogens with zero attached hydrogens (tertiary/aromatic N) is 1. The number of benzene rings is 1. The van der Waals surface area contributed by atoms with Crippen molar-refractivity contribution >= 4 is 11.3 Å². The molecule has 0 fully saturated rings. The largest absolute Gasteiger partial charge is 0.573 e. The lowest BCUT2D eigenvalue weighted by Gasteiger charge is -2.08. The molecular weight excluding hydrogens is 279 g/mol. The highest BCUT2D eigenvalue weighted by molar-refractivity contribution is 7.13. The summed E-state index contributed by atoms with van der Waals surface area (Å²) in [5, 5.41) is 2.57. The van der Waals surface area contributed by atoms with Crippen LogP contribution in [-0.2, 0) is 11.3 Å². The van der Waals surface area contributed by atoms with Gasteiger partial charge < -0.3 is 9.47 Å². The molecule has 0 aliphatic heterocycles. The molecule has 102 valence electrons. The topological polar surface area (TPSA) is 31.4 Å². The molecular formula is C12H10F3NO2S. The van der Waals surface area contributed by atoms with Crippen molar-refractivity contribution in [3.05, 3.63) is 35.3 Å². The molecule has 0 atom stereocenters. The molecule has 0 saturated carbocycles. The highest BCUT2D eigenvalue weighted by atomic mass is 32.1. The van der Waals surface area contributed by atoms with E-state index >= 15 is 0 Å². The van der Waals surface area contributed by atoms with Crippen LogP contribution in [0.2, 0.25) is 0 Å². The second kappa shape index (κ2) is 5.58. The van der Waals surface area contributed by atoms with Gasteiger partial charge in [0.05, 0.1) is 12.3 Å². The summed E-state index contributed by atoms with van der Waals surface area (Å²) in [6.45, 7) is 0.409. The number of halogens is 3. The number of aromatic nitrogens is 1. The Morgan fingerprint density at radius 3 is 2.47 bits per heavy atom. The van der Waals surface area contributed by atoms with Crippen molar-refractivity contribution in [1.29, 1.82) is 0 Å². The number of thiazole rings is 1. The van der Waals surface area contributed by atoms with E-state index in [0.29, 0.717) is 6.61 Å². The Bertz CT molecular complexity index is 537.